The summed E-state index contributed by atoms with van der Waals surface area (Å²) < 4.78 is 39.3. The van der Waals surface area contributed by atoms with Crippen molar-refractivity contribution in [1.82, 2.24) is 4.98 Å². The van der Waals surface area contributed by atoms with E-state index in [4.69, 9.17) is 16.7 Å². The number of carbonyl (C=O) groups is 1. The highest BCUT2D eigenvalue weighted by Gasteiger charge is 2.33. The molecule has 0 fully saturated rings. The van der Waals surface area contributed by atoms with E-state index < -0.39 is 41.1 Å². The van der Waals surface area contributed by atoms with E-state index in [1.807, 2.05) is 0 Å². The fourth-order valence-electron chi connectivity index (χ4n) is 0.971. The number of halogens is 4. The molecule has 0 atom stereocenters. The van der Waals surface area contributed by atoms with Crippen molar-refractivity contribution in [2.75, 3.05) is 0 Å². The Morgan fingerprint density at radius 3 is 2.53 bits per heavy atom. The zero-order valence-electron chi connectivity index (χ0n) is 7.95. The zero-order chi connectivity index (χ0) is 13.2. The lowest BCUT2D eigenvalue weighted by Gasteiger charge is -2.12. The fraction of sp³-hybridized carbons (Fsp3) is 0.250. The Bertz CT molecular complexity index is 449. The van der Waals surface area contributed by atoms with Crippen LogP contribution in [0.25, 0.3) is 0 Å². The third-order valence-corrected chi connectivity index (χ3v) is 1.85. The van der Waals surface area contributed by atoms with Gasteiger partial charge in [0.05, 0.1) is 5.88 Å². The molecule has 17 heavy (non-hydrogen) atoms. The molecule has 2 N–H and O–H groups in total. The van der Waals surface area contributed by atoms with Crippen LogP contribution in [0.4, 0.5) is 13.2 Å². The number of carboxylic acid groups (broad SMARTS) is 1. The maximum atomic E-state index is 12.0. The molecule has 0 aromatic carbocycles. The van der Waals surface area contributed by atoms with Crippen molar-refractivity contribution in [3.8, 4) is 11.5 Å². The zero-order valence-corrected chi connectivity index (χ0v) is 8.71. The van der Waals surface area contributed by atoms with Crippen molar-refractivity contribution in [2.24, 2.45) is 0 Å². The summed E-state index contributed by atoms with van der Waals surface area (Å²) in [7, 11) is 0. The Morgan fingerprint density at radius 1 is 1.53 bits per heavy atom. The van der Waals surface area contributed by atoms with Crippen LogP contribution in [0.1, 0.15) is 16.2 Å². The molecule has 0 spiro atoms. The number of ether oxygens (including phenoxy) is 1. The average molecular weight is 272 g/mol. The second kappa shape index (κ2) is 4.66. The first-order valence-electron chi connectivity index (χ1n) is 4.02. The molecule has 1 aromatic heterocycles. The molecule has 0 unspecified atom stereocenters. The number of aromatic hydroxyl groups is 1. The van der Waals surface area contributed by atoms with Crippen molar-refractivity contribution in [1.29, 1.82) is 0 Å². The number of alkyl halides is 4. The minimum atomic E-state index is -5.06. The molecule has 0 saturated heterocycles. The molecule has 94 valence electrons. The Balaban J connectivity index is 3.28. The van der Waals surface area contributed by atoms with E-state index in [-0.39, 0.29) is 0 Å². The van der Waals surface area contributed by atoms with Crippen LogP contribution in [0.15, 0.2) is 6.07 Å². The van der Waals surface area contributed by atoms with Crippen molar-refractivity contribution in [3.05, 3.63) is 17.5 Å². The average Bonchev–Trinajstić information content (AvgIpc) is 2.18. The molecule has 0 radical (unpaired) electrons. The maximum absolute atomic E-state index is 12.0. The van der Waals surface area contributed by atoms with Crippen LogP contribution in [0.2, 0.25) is 0 Å². The van der Waals surface area contributed by atoms with Gasteiger partial charge in [-0.2, -0.15) is 0 Å². The quantitative estimate of drug-likeness (QED) is 0.823. The molecule has 1 rings (SSSR count). The number of hydrogen-bond acceptors (Lipinski definition) is 4. The molecule has 1 aromatic rings. The van der Waals surface area contributed by atoms with Gasteiger partial charge in [0, 0.05) is 6.07 Å². The van der Waals surface area contributed by atoms with Gasteiger partial charge in [-0.15, -0.1) is 24.8 Å². The van der Waals surface area contributed by atoms with Crippen molar-refractivity contribution in [2.45, 2.75) is 12.2 Å². The summed E-state index contributed by atoms with van der Waals surface area (Å²) in [5, 5.41) is 17.9. The van der Waals surface area contributed by atoms with E-state index in [1.165, 1.54) is 0 Å². The molecule has 0 amide bonds. The topological polar surface area (TPSA) is 79.7 Å². The lowest BCUT2D eigenvalue weighted by molar-refractivity contribution is -0.275. The second-order valence-electron chi connectivity index (χ2n) is 2.79. The first-order chi connectivity index (χ1) is 7.74. The summed E-state index contributed by atoms with van der Waals surface area (Å²) in [6, 6.07) is 0.460. The number of aromatic nitrogens is 1. The summed E-state index contributed by atoms with van der Waals surface area (Å²) in [5.41, 5.74) is -1.12. The van der Waals surface area contributed by atoms with Gasteiger partial charge in [0.25, 0.3) is 0 Å². The van der Waals surface area contributed by atoms with Gasteiger partial charge in [-0.3, -0.25) is 0 Å². The predicted molar refractivity (Wildman–Crippen MR) is 49.1 cm³/mol. The smallest absolute Gasteiger partial charge is 0.503 e. The molecule has 0 bridgehead atoms. The summed E-state index contributed by atoms with van der Waals surface area (Å²) in [6.45, 7) is 0. The molecule has 0 aliphatic carbocycles. The van der Waals surface area contributed by atoms with Crippen molar-refractivity contribution >= 4 is 17.6 Å². The number of pyridine rings is 1. The number of carboxylic acids is 1. The minimum absolute atomic E-state index is 0.411. The third kappa shape index (κ3) is 3.38. The van der Waals surface area contributed by atoms with Crippen LogP contribution in [-0.4, -0.2) is 27.5 Å². The Hall–Kier alpha value is -1.70. The molecular formula is C8H5ClF3NO4. The monoisotopic (exact) mass is 271 g/mol. The first-order valence-corrected chi connectivity index (χ1v) is 4.56. The normalized spacial score (nSPS) is 11.3. The first kappa shape index (κ1) is 13.4. The Morgan fingerprint density at radius 2 is 2.12 bits per heavy atom. The lowest BCUT2D eigenvalue weighted by Crippen LogP contribution is -2.18. The summed E-state index contributed by atoms with van der Waals surface area (Å²) in [6.07, 6.45) is -5.06. The molecule has 5 nitrogen and oxygen atoms in total. The van der Waals surface area contributed by atoms with Gasteiger partial charge in [-0.05, 0) is 0 Å². The number of hydrogen-bond donors (Lipinski definition) is 2. The van der Waals surface area contributed by atoms with Crippen LogP contribution in [0, 0.1) is 0 Å². The molecule has 9 heteroatoms. The Labute approximate surface area is 97.4 Å². The van der Waals surface area contributed by atoms with Gasteiger partial charge in [-0.1, -0.05) is 0 Å². The number of aromatic carboxylic acids is 1. The maximum Gasteiger partial charge on any atom is 0.573 e. The van der Waals surface area contributed by atoms with Gasteiger partial charge in [0.2, 0.25) is 0 Å². The van der Waals surface area contributed by atoms with Crippen molar-refractivity contribution < 1.29 is 32.9 Å². The molecule has 0 aliphatic heterocycles. The lowest BCUT2D eigenvalue weighted by atomic mass is 10.2. The van der Waals surface area contributed by atoms with E-state index >= 15 is 0 Å². The van der Waals surface area contributed by atoms with Crippen molar-refractivity contribution in [3.63, 3.8) is 0 Å². The van der Waals surface area contributed by atoms with Crippen LogP contribution in [0.5, 0.6) is 11.5 Å². The van der Waals surface area contributed by atoms with Gasteiger partial charge in [0.15, 0.2) is 17.2 Å². The van der Waals surface area contributed by atoms with Gasteiger partial charge in [-0.25, -0.2) is 9.78 Å². The second-order valence-corrected chi connectivity index (χ2v) is 3.05. The van der Waals surface area contributed by atoms with Crippen LogP contribution < -0.4 is 4.74 Å². The van der Waals surface area contributed by atoms with Crippen LogP contribution in [-0.2, 0) is 5.88 Å². The summed E-state index contributed by atoms with van der Waals surface area (Å²) >= 11 is 5.30. The number of nitrogens with zero attached hydrogens (tertiary/aromatic N) is 1. The number of rotatable bonds is 3. The van der Waals surface area contributed by atoms with Crippen LogP contribution in [0.3, 0.4) is 0 Å². The molecule has 0 saturated carbocycles. The summed E-state index contributed by atoms with van der Waals surface area (Å²) in [5.74, 6) is -4.02. The van der Waals surface area contributed by atoms with E-state index in [1.54, 1.807) is 0 Å². The van der Waals surface area contributed by atoms with Gasteiger partial charge < -0.3 is 14.9 Å². The van der Waals surface area contributed by atoms with E-state index in [2.05, 4.69) is 9.72 Å². The van der Waals surface area contributed by atoms with Crippen LogP contribution >= 0.6 is 11.6 Å². The highest BCUT2D eigenvalue weighted by molar-refractivity contribution is 6.17. The molecular weight excluding hydrogens is 267 g/mol. The largest absolute Gasteiger partial charge is 0.573 e. The predicted octanol–water partition coefficient (Wildman–Crippen LogP) is 2.12. The Kier molecular flexibility index (Phi) is 3.66. The highest BCUT2D eigenvalue weighted by atomic mass is 35.5. The fourth-order valence-corrected chi connectivity index (χ4v) is 1.16. The SMILES string of the molecule is O=C(O)c1cc(OC(F)(F)F)c(O)c(CCl)n1. The molecule has 0 aliphatic rings. The molecule has 1 heterocycles. The standard InChI is InChI=1S/C8H5ClF3NO4/c9-2-4-6(14)5(17-8(10,11)12)1-3(13-4)7(15)16/h1,14H,2H2,(H,15,16). The highest BCUT2D eigenvalue weighted by Crippen LogP contribution is 2.34. The van der Waals surface area contributed by atoms with E-state index in [0.717, 1.165) is 0 Å². The van der Waals surface area contributed by atoms with E-state index in [9.17, 15) is 23.1 Å². The minimum Gasteiger partial charge on any atom is -0.503 e. The van der Waals surface area contributed by atoms with E-state index in [0.29, 0.717) is 6.07 Å². The van der Waals surface area contributed by atoms with Gasteiger partial charge in [0.1, 0.15) is 5.69 Å². The third-order valence-electron chi connectivity index (χ3n) is 1.60. The van der Waals surface area contributed by atoms with Gasteiger partial charge >= 0.3 is 12.3 Å². The summed E-state index contributed by atoms with van der Waals surface area (Å²) in [4.78, 5) is 13.9.